The fourth-order valence-electron chi connectivity index (χ4n) is 2.20. The van der Waals surface area contributed by atoms with Crippen molar-refractivity contribution in [2.24, 2.45) is 0 Å². The summed E-state index contributed by atoms with van der Waals surface area (Å²) in [4.78, 5) is 23.7. The minimum absolute atomic E-state index is 0.0799. The first-order valence-corrected chi connectivity index (χ1v) is 7.35. The van der Waals surface area contributed by atoms with Crippen molar-refractivity contribution in [2.45, 2.75) is 33.2 Å². The topological polar surface area (TPSA) is 81.4 Å². The van der Waals surface area contributed by atoms with Crippen LogP contribution in [0.3, 0.4) is 0 Å². The zero-order valence-electron chi connectivity index (χ0n) is 13.7. The number of rotatable bonds is 5. The lowest BCUT2D eigenvalue weighted by molar-refractivity contribution is 0.0600. The summed E-state index contributed by atoms with van der Waals surface area (Å²) in [5.74, 6) is 0.0593. The molecule has 0 bridgehead atoms. The largest absolute Gasteiger partial charge is 0.465 e. The number of ether oxygens (including phenoxy) is 1. The maximum Gasteiger partial charge on any atom is 0.337 e. The molecule has 1 aromatic heterocycles. The van der Waals surface area contributed by atoms with E-state index in [9.17, 15) is 9.59 Å². The Kier molecular flexibility index (Phi) is 5.16. The zero-order valence-corrected chi connectivity index (χ0v) is 13.7. The van der Waals surface area contributed by atoms with Crippen LogP contribution in [0.2, 0.25) is 0 Å². The summed E-state index contributed by atoms with van der Waals surface area (Å²) in [5.41, 5.74) is 2.42. The summed E-state index contributed by atoms with van der Waals surface area (Å²) < 4.78 is 9.87. The molecule has 0 aliphatic rings. The SMILES string of the molecule is COC(=O)c1ccc(CNC(=O)c2c(C)noc2C(C)C)cc1. The number of carbonyl (C=O) groups excluding carboxylic acids is 2. The average Bonchev–Trinajstić information content (AvgIpc) is 2.94. The van der Waals surface area contributed by atoms with E-state index >= 15 is 0 Å². The monoisotopic (exact) mass is 316 g/mol. The number of hydrogen-bond acceptors (Lipinski definition) is 5. The van der Waals surface area contributed by atoms with Crippen molar-refractivity contribution in [3.63, 3.8) is 0 Å². The fraction of sp³-hybridized carbons (Fsp3) is 0.353. The van der Waals surface area contributed by atoms with Gasteiger partial charge in [-0.2, -0.15) is 0 Å². The minimum Gasteiger partial charge on any atom is -0.465 e. The summed E-state index contributed by atoms with van der Waals surface area (Å²) >= 11 is 0. The molecule has 122 valence electrons. The van der Waals surface area contributed by atoms with Gasteiger partial charge in [0.2, 0.25) is 0 Å². The lowest BCUT2D eigenvalue weighted by atomic mass is 10.0. The highest BCUT2D eigenvalue weighted by atomic mass is 16.5. The molecule has 0 spiro atoms. The normalized spacial score (nSPS) is 10.7. The molecule has 2 aromatic rings. The Morgan fingerprint density at radius 1 is 1.26 bits per heavy atom. The van der Waals surface area contributed by atoms with E-state index in [4.69, 9.17) is 4.52 Å². The van der Waals surface area contributed by atoms with Crippen LogP contribution in [0, 0.1) is 6.92 Å². The molecule has 2 rings (SSSR count). The molecule has 6 nitrogen and oxygen atoms in total. The Hall–Kier alpha value is -2.63. The highest BCUT2D eigenvalue weighted by Crippen LogP contribution is 2.22. The number of benzene rings is 1. The number of esters is 1. The van der Waals surface area contributed by atoms with Gasteiger partial charge in [-0.05, 0) is 24.6 Å². The summed E-state index contributed by atoms with van der Waals surface area (Å²) in [5, 5.41) is 6.71. The van der Waals surface area contributed by atoms with E-state index < -0.39 is 0 Å². The lowest BCUT2D eigenvalue weighted by Crippen LogP contribution is -2.24. The maximum absolute atomic E-state index is 12.4. The second kappa shape index (κ2) is 7.09. The van der Waals surface area contributed by atoms with Gasteiger partial charge >= 0.3 is 5.97 Å². The van der Waals surface area contributed by atoms with Crippen molar-refractivity contribution in [1.82, 2.24) is 10.5 Å². The van der Waals surface area contributed by atoms with Crippen LogP contribution in [-0.2, 0) is 11.3 Å². The first-order chi connectivity index (χ1) is 10.9. The standard InChI is InChI=1S/C17H20N2O4/c1-10(2)15-14(11(3)19-23-15)16(20)18-9-12-5-7-13(8-6-12)17(21)22-4/h5-8,10H,9H2,1-4H3,(H,18,20). The summed E-state index contributed by atoms with van der Waals surface area (Å²) in [6, 6.07) is 6.88. The molecule has 0 saturated carbocycles. The third-order valence-electron chi connectivity index (χ3n) is 3.47. The van der Waals surface area contributed by atoms with E-state index in [1.54, 1.807) is 31.2 Å². The van der Waals surface area contributed by atoms with Crippen molar-refractivity contribution in [1.29, 1.82) is 0 Å². The van der Waals surface area contributed by atoms with Gasteiger partial charge in [0.15, 0.2) is 5.76 Å². The van der Waals surface area contributed by atoms with Crippen LogP contribution in [0.4, 0.5) is 0 Å². The molecule has 0 fully saturated rings. The van der Waals surface area contributed by atoms with Gasteiger partial charge in [0, 0.05) is 12.5 Å². The Balaban J connectivity index is 2.05. The molecule has 23 heavy (non-hydrogen) atoms. The van der Waals surface area contributed by atoms with Gasteiger partial charge < -0.3 is 14.6 Å². The summed E-state index contributed by atoms with van der Waals surface area (Å²) in [6.45, 7) is 5.99. The minimum atomic E-state index is -0.387. The summed E-state index contributed by atoms with van der Waals surface area (Å²) in [6.07, 6.45) is 0. The Labute approximate surface area is 134 Å². The molecule has 0 radical (unpaired) electrons. The molecular formula is C17H20N2O4. The molecule has 6 heteroatoms. The highest BCUT2D eigenvalue weighted by Gasteiger charge is 2.22. The number of nitrogens with zero attached hydrogens (tertiary/aromatic N) is 1. The van der Waals surface area contributed by atoms with Crippen molar-refractivity contribution < 1.29 is 18.8 Å². The lowest BCUT2D eigenvalue weighted by Gasteiger charge is -2.08. The average molecular weight is 316 g/mol. The van der Waals surface area contributed by atoms with E-state index in [0.717, 1.165) is 5.56 Å². The molecule has 1 heterocycles. The molecule has 0 aliphatic heterocycles. The van der Waals surface area contributed by atoms with Gasteiger partial charge in [0.1, 0.15) is 5.56 Å². The highest BCUT2D eigenvalue weighted by molar-refractivity contribution is 5.96. The second-order valence-electron chi connectivity index (χ2n) is 5.53. The van der Waals surface area contributed by atoms with Crippen LogP contribution in [0.25, 0.3) is 0 Å². The van der Waals surface area contributed by atoms with Crippen LogP contribution in [0.15, 0.2) is 28.8 Å². The number of methoxy groups -OCH3 is 1. The second-order valence-corrected chi connectivity index (χ2v) is 5.53. The Bertz CT molecular complexity index is 702. The van der Waals surface area contributed by atoms with Gasteiger partial charge in [-0.15, -0.1) is 0 Å². The molecule has 0 aliphatic carbocycles. The molecule has 0 saturated heterocycles. The molecular weight excluding hydrogens is 296 g/mol. The zero-order chi connectivity index (χ0) is 17.0. The van der Waals surface area contributed by atoms with Crippen molar-refractivity contribution in [2.75, 3.05) is 7.11 Å². The number of carbonyl (C=O) groups is 2. The Morgan fingerprint density at radius 2 is 1.91 bits per heavy atom. The molecule has 1 aromatic carbocycles. The molecule has 0 atom stereocenters. The quantitative estimate of drug-likeness (QED) is 0.858. The predicted octanol–water partition coefficient (Wildman–Crippen LogP) is 2.82. The Morgan fingerprint density at radius 3 is 2.48 bits per heavy atom. The van der Waals surface area contributed by atoms with Crippen LogP contribution < -0.4 is 5.32 Å². The number of aryl methyl sites for hydroxylation is 1. The van der Waals surface area contributed by atoms with Gasteiger partial charge in [-0.25, -0.2) is 4.79 Å². The molecule has 1 amide bonds. The third kappa shape index (κ3) is 3.77. The number of amides is 1. The van der Waals surface area contributed by atoms with Crippen molar-refractivity contribution in [3.8, 4) is 0 Å². The van der Waals surface area contributed by atoms with Crippen LogP contribution in [0.1, 0.15) is 57.5 Å². The number of aromatic nitrogens is 1. The third-order valence-corrected chi connectivity index (χ3v) is 3.47. The first kappa shape index (κ1) is 16.7. The van der Waals surface area contributed by atoms with E-state index in [2.05, 4.69) is 15.2 Å². The van der Waals surface area contributed by atoms with Crippen LogP contribution in [0.5, 0.6) is 0 Å². The van der Waals surface area contributed by atoms with E-state index in [1.807, 2.05) is 13.8 Å². The van der Waals surface area contributed by atoms with E-state index in [-0.39, 0.29) is 17.8 Å². The number of hydrogen-bond donors (Lipinski definition) is 1. The van der Waals surface area contributed by atoms with Crippen molar-refractivity contribution in [3.05, 3.63) is 52.4 Å². The molecule has 0 unspecified atom stereocenters. The van der Waals surface area contributed by atoms with Crippen LogP contribution >= 0.6 is 0 Å². The van der Waals surface area contributed by atoms with Gasteiger partial charge in [-0.3, -0.25) is 4.79 Å². The van der Waals surface area contributed by atoms with E-state index in [0.29, 0.717) is 29.1 Å². The number of nitrogens with one attached hydrogen (secondary N) is 1. The fourth-order valence-corrected chi connectivity index (χ4v) is 2.20. The summed E-state index contributed by atoms with van der Waals surface area (Å²) in [7, 11) is 1.34. The van der Waals surface area contributed by atoms with Crippen molar-refractivity contribution >= 4 is 11.9 Å². The van der Waals surface area contributed by atoms with E-state index in [1.165, 1.54) is 7.11 Å². The molecule has 1 N–H and O–H groups in total. The van der Waals surface area contributed by atoms with Gasteiger partial charge in [0.05, 0.1) is 18.4 Å². The predicted molar refractivity (Wildman–Crippen MR) is 84.3 cm³/mol. The maximum atomic E-state index is 12.4. The first-order valence-electron chi connectivity index (χ1n) is 7.35. The smallest absolute Gasteiger partial charge is 0.337 e. The van der Waals surface area contributed by atoms with Gasteiger partial charge in [-0.1, -0.05) is 31.1 Å². The van der Waals surface area contributed by atoms with Crippen LogP contribution in [-0.4, -0.2) is 24.1 Å². The van der Waals surface area contributed by atoms with Gasteiger partial charge in [0.25, 0.3) is 5.91 Å².